The monoisotopic (exact) mass is 252 g/mol. The molecule has 0 saturated carbocycles. The van der Waals surface area contributed by atoms with Crippen molar-refractivity contribution in [3.05, 3.63) is 29.8 Å². The fourth-order valence-corrected chi connectivity index (χ4v) is 3.90. The highest BCUT2D eigenvalue weighted by molar-refractivity contribution is 7.94. The SMILES string of the molecule is Cc1ccccc1NC(=O)N=S1(=O)CCCC1. The van der Waals surface area contributed by atoms with Gasteiger partial charge < -0.3 is 5.32 Å². The standard InChI is InChI=1S/C12H16N2O2S/c1-10-6-2-3-7-11(10)13-12(15)14-17(16)8-4-5-9-17/h2-3,6-7H,4-5,8-9H2,1H3,(H,13,15). The van der Waals surface area contributed by atoms with Gasteiger partial charge in [0, 0.05) is 17.2 Å². The summed E-state index contributed by atoms with van der Waals surface area (Å²) in [6, 6.07) is 6.97. The van der Waals surface area contributed by atoms with Gasteiger partial charge in [-0.2, -0.15) is 0 Å². The third-order valence-corrected chi connectivity index (χ3v) is 5.16. The Morgan fingerprint density at radius 2 is 1.94 bits per heavy atom. The van der Waals surface area contributed by atoms with E-state index in [2.05, 4.69) is 9.68 Å². The zero-order valence-electron chi connectivity index (χ0n) is 9.81. The number of hydrogen-bond donors (Lipinski definition) is 1. The zero-order chi connectivity index (χ0) is 12.3. The summed E-state index contributed by atoms with van der Waals surface area (Å²) in [7, 11) is -2.27. The predicted molar refractivity (Wildman–Crippen MR) is 69.7 cm³/mol. The molecule has 1 aromatic carbocycles. The maximum Gasteiger partial charge on any atom is 0.353 e. The van der Waals surface area contributed by atoms with E-state index in [0.29, 0.717) is 11.5 Å². The lowest BCUT2D eigenvalue weighted by molar-refractivity contribution is 0.260. The molecule has 0 aliphatic carbocycles. The molecule has 1 saturated heterocycles. The van der Waals surface area contributed by atoms with Crippen molar-refractivity contribution in [3.8, 4) is 0 Å². The molecule has 0 radical (unpaired) electrons. The molecule has 0 aromatic heterocycles. The quantitative estimate of drug-likeness (QED) is 0.835. The van der Waals surface area contributed by atoms with Crippen LogP contribution in [-0.4, -0.2) is 21.7 Å². The largest absolute Gasteiger partial charge is 0.353 e. The molecule has 5 heteroatoms. The van der Waals surface area contributed by atoms with Gasteiger partial charge in [0.15, 0.2) is 0 Å². The Bertz CT molecular complexity index is 533. The lowest BCUT2D eigenvalue weighted by Gasteiger charge is -2.05. The summed E-state index contributed by atoms with van der Waals surface area (Å²) in [6.45, 7) is 1.91. The molecule has 2 rings (SSSR count). The topological polar surface area (TPSA) is 58.5 Å². The molecular formula is C12H16N2O2S. The van der Waals surface area contributed by atoms with Gasteiger partial charge in [0.2, 0.25) is 0 Å². The number of urea groups is 1. The Morgan fingerprint density at radius 3 is 2.59 bits per heavy atom. The fourth-order valence-electron chi connectivity index (χ4n) is 1.85. The van der Waals surface area contributed by atoms with E-state index in [0.717, 1.165) is 24.1 Å². The van der Waals surface area contributed by atoms with Crippen molar-refractivity contribution in [1.29, 1.82) is 0 Å². The summed E-state index contributed by atoms with van der Waals surface area (Å²) in [6.07, 6.45) is 1.81. The number of anilines is 1. The third-order valence-electron chi connectivity index (χ3n) is 2.81. The predicted octanol–water partition coefficient (Wildman–Crippen LogP) is 2.79. The molecule has 2 amide bonds. The zero-order valence-corrected chi connectivity index (χ0v) is 10.6. The summed E-state index contributed by atoms with van der Waals surface area (Å²) in [4.78, 5) is 11.7. The minimum absolute atomic E-state index is 0.494. The molecule has 1 aromatic rings. The van der Waals surface area contributed by atoms with Crippen LogP contribution in [0.15, 0.2) is 28.6 Å². The first-order valence-electron chi connectivity index (χ1n) is 5.68. The van der Waals surface area contributed by atoms with Gasteiger partial charge in [0.1, 0.15) is 0 Å². The average molecular weight is 252 g/mol. The van der Waals surface area contributed by atoms with Gasteiger partial charge in [-0.05, 0) is 31.4 Å². The molecule has 0 atom stereocenters. The lowest BCUT2D eigenvalue weighted by atomic mass is 10.2. The second-order valence-corrected chi connectivity index (χ2v) is 6.77. The average Bonchev–Trinajstić information content (AvgIpc) is 2.68. The number of nitrogens with zero attached hydrogens (tertiary/aromatic N) is 1. The van der Waals surface area contributed by atoms with Gasteiger partial charge >= 0.3 is 6.03 Å². The number of carbonyl (C=O) groups excluding carboxylic acids is 1. The summed E-state index contributed by atoms with van der Waals surface area (Å²) < 4.78 is 15.9. The molecule has 0 spiro atoms. The summed E-state index contributed by atoms with van der Waals surface area (Å²) in [5.74, 6) is 1.10. The van der Waals surface area contributed by atoms with E-state index in [1.807, 2.05) is 31.2 Å². The van der Waals surface area contributed by atoms with Gasteiger partial charge in [-0.3, -0.25) is 0 Å². The third kappa shape index (κ3) is 3.06. The van der Waals surface area contributed by atoms with E-state index in [1.165, 1.54) is 0 Å². The van der Waals surface area contributed by atoms with Crippen LogP contribution in [-0.2, 0) is 9.73 Å². The minimum atomic E-state index is -2.27. The van der Waals surface area contributed by atoms with Gasteiger partial charge in [0.05, 0.1) is 9.73 Å². The molecule has 0 unspecified atom stereocenters. The highest BCUT2D eigenvalue weighted by atomic mass is 32.2. The molecular weight excluding hydrogens is 236 g/mol. The maximum atomic E-state index is 12.0. The van der Waals surface area contributed by atoms with Crippen molar-refractivity contribution >= 4 is 21.4 Å². The molecule has 92 valence electrons. The lowest BCUT2D eigenvalue weighted by Crippen LogP contribution is -2.12. The van der Waals surface area contributed by atoms with E-state index < -0.39 is 15.8 Å². The number of benzene rings is 1. The van der Waals surface area contributed by atoms with Crippen molar-refractivity contribution in [2.75, 3.05) is 16.8 Å². The van der Waals surface area contributed by atoms with Crippen LogP contribution >= 0.6 is 0 Å². The Kier molecular flexibility index (Phi) is 3.47. The van der Waals surface area contributed by atoms with Crippen molar-refractivity contribution < 1.29 is 9.00 Å². The van der Waals surface area contributed by atoms with Crippen molar-refractivity contribution in [1.82, 2.24) is 0 Å². The summed E-state index contributed by atoms with van der Waals surface area (Å²) >= 11 is 0. The Balaban J connectivity index is 2.13. The number of carbonyl (C=O) groups is 1. The van der Waals surface area contributed by atoms with Crippen molar-refractivity contribution in [2.24, 2.45) is 4.36 Å². The van der Waals surface area contributed by atoms with Crippen LogP contribution < -0.4 is 5.32 Å². The number of nitrogens with one attached hydrogen (secondary N) is 1. The minimum Gasteiger partial charge on any atom is -0.305 e. The molecule has 0 bridgehead atoms. The van der Waals surface area contributed by atoms with Crippen LogP contribution in [0.3, 0.4) is 0 Å². The molecule has 1 aliphatic heterocycles. The second-order valence-electron chi connectivity index (χ2n) is 4.22. The molecule has 1 aliphatic rings. The van der Waals surface area contributed by atoms with Crippen LogP contribution in [0.5, 0.6) is 0 Å². The Morgan fingerprint density at radius 1 is 1.29 bits per heavy atom. The van der Waals surface area contributed by atoms with Gasteiger partial charge in [-0.15, -0.1) is 4.36 Å². The second kappa shape index (κ2) is 4.87. The fraction of sp³-hybridized carbons (Fsp3) is 0.417. The van der Waals surface area contributed by atoms with Gasteiger partial charge in [-0.25, -0.2) is 9.00 Å². The first-order chi connectivity index (χ1) is 8.09. The van der Waals surface area contributed by atoms with Crippen molar-refractivity contribution in [2.45, 2.75) is 19.8 Å². The normalized spacial score (nSPS) is 17.7. The molecule has 4 nitrogen and oxygen atoms in total. The molecule has 1 N–H and O–H groups in total. The van der Waals surface area contributed by atoms with E-state index >= 15 is 0 Å². The highest BCUT2D eigenvalue weighted by Gasteiger charge is 2.18. The van der Waals surface area contributed by atoms with Crippen LogP contribution in [0, 0.1) is 6.92 Å². The van der Waals surface area contributed by atoms with Gasteiger partial charge in [0.25, 0.3) is 0 Å². The van der Waals surface area contributed by atoms with Crippen LogP contribution in [0.25, 0.3) is 0 Å². The number of para-hydroxylation sites is 1. The van der Waals surface area contributed by atoms with E-state index in [-0.39, 0.29) is 0 Å². The molecule has 17 heavy (non-hydrogen) atoms. The van der Waals surface area contributed by atoms with E-state index in [1.54, 1.807) is 0 Å². The smallest absolute Gasteiger partial charge is 0.305 e. The number of amides is 2. The van der Waals surface area contributed by atoms with Gasteiger partial charge in [-0.1, -0.05) is 18.2 Å². The first-order valence-corrected chi connectivity index (χ1v) is 7.53. The Labute approximate surface area is 102 Å². The number of rotatable bonds is 1. The maximum absolute atomic E-state index is 12.0. The van der Waals surface area contributed by atoms with Crippen LogP contribution in [0.2, 0.25) is 0 Å². The molecule has 1 fully saturated rings. The Hall–Kier alpha value is -1.36. The van der Waals surface area contributed by atoms with E-state index in [9.17, 15) is 9.00 Å². The number of hydrogen-bond acceptors (Lipinski definition) is 2. The van der Waals surface area contributed by atoms with Crippen molar-refractivity contribution in [3.63, 3.8) is 0 Å². The highest BCUT2D eigenvalue weighted by Crippen LogP contribution is 2.16. The first kappa shape index (κ1) is 12.1. The number of aryl methyl sites for hydroxylation is 1. The summed E-state index contributed by atoms with van der Waals surface area (Å²) in [5, 5.41) is 2.68. The van der Waals surface area contributed by atoms with Crippen LogP contribution in [0.1, 0.15) is 18.4 Å². The summed E-state index contributed by atoms with van der Waals surface area (Å²) in [5.41, 5.74) is 1.69. The van der Waals surface area contributed by atoms with Crippen LogP contribution in [0.4, 0.5) is 10.5 Å². The molecule has 1 heterocycles. The van der Waals surface area contributed by atoms with E-state index in [4.69, 9.17) is 0 Å².